The van der Waals surface area contributed by atoms with E-state index in [0.29, 0.717) is 5.92 Å². The van der Waals surface area contributed by atoms with Crippen LogP contribution in [0.1, 0.15) is 36.7 Å². The number of benzene rings is 2. The first-order valence-electron chi connectivity index (χ1n) is 9.02. The summed E-state index contributed by atoms with van der Waals surface area (Å²) in [5, 5.41) is 9.00. The molecule has 0 N–H and O–H groups in total. The lowest BCUT2D eigenvalue weighted by molar-refractivity contribution is 0.390. The van der Waals surface area contributed by atoms with Crippen molar-refractivity contribution in [2.75, 3.05) is 14.2 Å². The molecule has 0 fully saturated rings. The molecule has 2 heterocycles. The molecule has 0 saturated carbocycles. The van der Waals surface area contributed by atoms with Gasteiger partial charge in [0.2, 0.25) is 0 Å². The molecule has 6 heteroatoms. The third-order valence-electron chi connectivity index (χ3n) is 5.05. The summed E-state index contributed by atoms with van der Waals surface area (Å²) in [6.07, 6.45) is 1.83. The van der Waals surface area contributed by atoms with E-state index in [1.807, 2.05) is 6.07 Å². The van der Waals surface area contributed by atoms with E-state index in [0.717, 1.165) is 57.3 Å². The van der Waals surface area contributed by atoms with Crippen molar-refractivity contribution in [2.24, 2.45) is 0 Å². The molecular formula is C21H22BrN3O2. The molecule has 1 aliphatic rings. The van der Waals surface area contributed by atoms with Crippen molar-refractivity contribution in [3.63, 3.8) is 0 Å². The van der Waals surface area contributed by atoms with E-state index < -0.39 is 0 Å². The molecule has 0 radical (unpaired) electrons. The summed E-state index contributed by atoms with van der Waals surface area (Å²) < 4.78 is 14.5. The zero-order valence-electron chi connectivity index (χ0n) is 15.9. The molecule has 4 rings (SSSR count). The molecule has 0 atom stereocenters. The lowest BCUT2D eigenvalue weighted by Crippen LogP contribution is -2.13. The highest BCUT2D eigenvalue weighted by Crippen LogP contribution is 2.40. The fourth-order valence-corrected chi connectivity index (χ4v) is 4.08. The highest BCUT2D eigenvalue weighted by molar-refractivity contribution is 9.10. The van der Waals surface area contributed by atoms with Gasteiger partial charge in [-0.3, -0.25) is 4.57 Å². The normalized spacial score (nSPS) is 12.7. The van der Waals surface area contributed by atoms with Crippen LogP contribution >= 0.6 is 15.9 Å². The minimum atomic E-state index is 0.316. The summed E-state index contributed by atoms with van der Waals surface area (Å²) >= 11 is 3.57. The summed E-state index contributed by atoms with van der Waals surface area (Å²) in [4.78, 5) is 0. The molecule has 0 amide bonds. The largest absolute Gasteiger partial charge is 0.496 e. The number of nitrogens with zero attached hydrogens (tertiary/aromatic N) is 3. The second kappa shape index (κ2) is 7.00. The van der Waals surface area contributed by atoms with Crippen LogP contribution in [0.2, 0.25) is 0 Å². The predicted octanol–water partition coefficient (Wildman–Crippen LogP) is 4.94. The van der Waals surface area contributed by atoms with Crippen LogP contribution in [0.3, 0.4) is 0 Å². The summed E-state index contributed by atoms with van der Waals surface area (Å²) in [6, 6.07) is 10.4. The second-order valence-electron chi connectivity index (χ2n) is 7.00. The third kappa shape index (κ3) is 3.02. The molecule has 5 nitrogen and oxygen atoms in total. The number of fused-ring (bicyclic) bond motifs is 3. The smallest absolute Gasteiger partial charge is 0.172 e. The molecule has 0 spiro atoms. The Bertz CT molecular complexity index is 1010. The van der Waals surface area contributed by atoms with Gasteiger partial charge in [-0.2, -0.15) is 0 Å². The van der Waals surface area contributed by atoms with E-state index in [1.165, 1.54) is 5.56 Å². The number of hydrogen-bond donors (Lipinski definition) is 0. The monoisotopic (exact) mass is 427 g/mol. The fraction of sp³-hybridized carbons (Fsp3) is 0.333. The lowest BCUT2D eigenvalue weighted by Gasteiger charge is -2.21. The van der Waals surface area contributed by atoms with Crippen molar-refractivity contribution in [2.45, 2.75) is 32.6 Å². The van der Waals surface area contributed by atoms with Crippen molar-refractivity contribution >= 4 is 15.9 Å². The van der Waals surface area contributed by atoms with Gasteiger partial charge in [0.25, 0.3) is 0 Å². The first kappa shape index (κ1) is 18.0. The van der Waals surface area contributed by atoms with Crippen LogP contribution in [0.25, 0.3) is 17.1 Å². The van der Waals surface area contributed by atoms with Gasteiger partial charge in [0, 0.05) is 17.0 Å². The number of halogens is 1. The Kier molecular flexibility index (Phi) is 4.68. The Hall–Kier alpha value is -2.34. The number of hydrogen-bond acceptors (Lipinski definition) is 4. The molecular weight excluding hydrogens is 406 g/mol. The minimum Gasteiger partial charge on any atom is -0.496 e. The molecule has 140 valence electrons. The molecule has 27 heavy (non-hydrogen) atoms. The highest BCUT2D eigenvalue weighted by atomic mass is 79.9. The van der Waals surface area contributed by atoms with Crippen molar-refractivity contribution in [3.05, 3.63) is 51.8 Å². The van der Waals surface area contributed by atoms with E-state index in [9.17, 15) is 0 Å². The predicted molar refractivity (Wildman–Crippen MR) is 109 cm³/mol. The maximum Gasteiger partial charge on any atom is 0.172 e. The lowest BCUT2D eigenvalue weighted by atomic mass is 9.97. The van der Waals surface area contributed by atoms with Gasteiger partial charge in [-0.1, -0.05) is 29.8 Å². The Morgan fingerprint density at radius 3 is 2.48 bits per heavy atom. The SMILES string of the molecule is COc1cc(OC)c(C(C)C)cc1-c1nnc2n1-c1ccc(Br)cc1CC2. The topological polar surface area (TPSA) is 49.2 Å². The Morgan fingerprint density at radius 1 is 1.00 bits per heavy atom. The fourth-order valence-electron chi connectivity index (χ4n) is 3.67. The van der Waals surface area contributed by atoms with Gasteiger partial charge in [-0.15, -0.1) is 10.2 Å². The van der Waals surface area contributed by atoms with Gasteiger partial charge in [0.15, 0.2) is 5.82 Å². The average Bonchev–Trinajstić information content (AvgIpc) is 3.10. The molecule has 0 bridgehead atoms. The van der Waals surface area contributed by atoms with E-state index >= 15 is 0 Å². The first-order chi connectivity index (χ1) is 13.0. The van der Waals surface area contributed by atoms with Gasteiger partial charge in [-0.05, 0) is 47.7 Å². The van der Waals surface area contributed by atoms with Crippen LogP contribution < -0.4 is 9.47 Å². The first-order valence-corrected chi connectivity index (χ1v) is 9.82. The van der Waals surface area contributed by atoms with Gasteiger partial charge in [0.05, 0.1) is 25.5 Å². The maximum absolute atomic E-state index is 5.68. The van der Waals surface area contributed by atoms with E-state index in [1.54, 1.807) is 14.2 Å². The molecule has 1 aliphatic heterocycles. The van der Waals surface area contributed by atoms with Gasteiger partial charge < -0.3 is 9.47 Å². The van der Waals surface area contributed by atoms with Crippen LogP contribution in [-0.2, 0) is 12.8 Å². The molecule has 3 aromatic rings. The van der Waals surface area contributed by atoms with Gasteiger partial charge >= 0.3 is 0 Å². The molecule has 2 aromatic carbocycles. The van der Waals surface area contributed by atoms with E-state index in [-0.39, 0.29) is 0 Å². The molecule has 0 aliphatic carbocycles. The Morgan fingerprint density at radius 2 is 1.78 bits per heavy atom. The summed E-state index contributed by atoms with van der Waals surface area (Å²) in [7, 11) is 3.36. The summed E-state index contributed by atoms with van der Waals surface area (Å²) in [6.45, 7) is 4.31. The van der Waals surface area contributed by atoms with Gasteiger partial charge in [0.1, 0.15) is 17.3 Å². The third-order valence-corrected chi connectivity index (χ3v) is 5.54. The zero-order valence-corrected chi connectivity index (χ0v) is 17.5. The summed E-state index contributed by atoms with van der Waals surface area (Å²) in [5.74, 6) is 3.65. The average molecular weight is 428 g/mol. The second-order valence-corrected chi connectivity index (χ2v) is 7.91. The number of rotatable bonds is 4. The Labute approximate surface area is 167 Å². The van der Waals surface area contributed by atoms with Crippen molar-refractivity contribution in [1.82, 2.24) is 14.8 Å². The van der Waals surface area contributed by atoms with Crippen LogP contribution in [0, 0.1) is 0 Å². The Balaban J connectivity index is 1.95. The van der Waals surface area contributed by atoms with Crippen molar-refractivity contribution in [3.8, 4) is 28.6 Å². The zero-order chi connectivity index (χ0) is 19.1. The van der Waals surface area contributed by atoms with Crippen LogP contribution in [0.5, 0.6) is 11.5 Å². The molecule has 0 unspecified atom stereocenters. The van der Waals surface area contributed by atoms with Crippen LogP contribution in [0.4, 0.5) is 0 Å². The molecule has 0 saturated heterocycles. The highest BCUT2D eigenvalue weighted by Gasteiger charge is 2.25. The van der Waals surface area contributed by atoms with Crippen molar-refractivity contribution in [1.29, 1.82) is 0 Å². The quantitative estimate of drug-likeness (QED) is 0.591. The van der Waals surface area contributed by atoms with Gasteiger partial charge in [-0.25, -0.2) is 0 Å². The number of methoxy groups -OCH3 is 2. The number of aromatic nitrogens is 3. The van der Waals surface area contributed by atoms with Crippen molar-refractivity contribution < 1.29 is 9.47 Å². The van der Waals surface area contributed by atoms with E-state index in [4.69, 9.17) is 9.47 Å². The summed E-state index contributed by atoms with van der Waals surface area (Å²) in [5.41, 5.74) is 4.46. The number of ether oxygens (including phenoxy) is 2. The standard InChI is InChI=1S/C21H22BrN3O2/c1-12(2)15-10-16(19(27-4)11-18(15)26-3)21-24-23-20-8-5-13-9-14(22)6-7-17(13)25(20)21/h6-7,9-12H,5,8H2,1-4H3. The molecule has 1 aromatic heterocycles. The van der Waals surface area contributed by atoms with Crippen LogP contribution in [-0.4, -0.2) is 29.0 Å². The van der Waals surface area contributed by atoms with Crippen LogP contribution in [0.15, 0.2) is 34.8 Å². The maximum atomic E-state index is 5.68. The minimum absolute atomic E-state index is 0.316. The van der Waals surface area contributed by atoms with E-state index in [2.05, 4.69) is 68.8 Å². The number of aryl methyl sites for hydroxylation is 2.